The van der Waals surface area contributed by atoms with Crippen LogP contribution in [0.3, 0.4) is 0 Å². The standard InChI is InChI=1S/C11H21N5/c1-2-3-4-5-10-13-11(15-14-10)16-7-6-9(12)8-16/h9H,2-8,12H2,1H3,(H,13,14,15). The zero-order valence-electron chi connectivity index (χ0n) is 9.95. The maximum atomic E-state index is 5.86. The number of anilines is 1. The van der Waals surface area contributed by atoms with Crippen molar-refractivity contribution in [2.75, 3.05) is 18.0 Å². The van der Waals surface area contributed by atoms with Gasteiger partial charge in [0, 0.05) is 25.6 Å². The zero-order valence-corrected chi connectivity index (χ0v) is 9.95. The van der Waals surface area contributed by atoms with E-state index in [2.05, 4.69) is 27.0 Å². The second-order valence-corrected chi connectivity index (χ2v) is 4.53. The molecule has 90 valence electrons. The first-order valence-electron chi connectivity index (χ1n) is 6.21. The molecule has 0 aliphatic carbocycles. The molecule has 16 heavy (non-hydrogen) atoms. The number of rotatable bonds is 5. The molecular formula is C11H21N5. The second kappa shape index (κ2) is 5.30. The lowest BCUT2D eigenvalue weighted by atomic mass is 10.2. The fourth-order valence-corrected chi connectivity index (χ4v) is 2.05. The molecule has 0 aromatic carbocycles. The molecule has 1 fully saturated rings. The summed E-state index contributed by atoms with van der Waals surface area (Å²) in [7, 11) is 0. The van der Waals surface area contributed by atoms with Gasteiger partial charge in [0.2, 0.25) is 5.95 Å². The van der Waals surface area contributed by atoms with Crippen LogP contribution in [0, 0.1) is 0 Å². The smallest absolute Gasteiger partial charge is 0.244 e. The molecule has 1 aliphatic rings. The highest BCUT2D eigenvalue weighted by Gasteiger charge is 2.22. The first-order valence-corrected chi connectivity index (χ1v) is 6.21. The summed E-state index contributed by atoms with van der Waals surface area (Å²) in [4.78, 5) is 6.66. The molecule has 1 atom stereocenters. The maximum absolute atomic E-state index is 5.86. The molecule has 0 radical (unpaired) electrons. The molecule has 0 spiro atoms. The molecule has 5 heteroatoms. The summed E-state index contributed by atoms with van der Waals surface area (Å²) >= 11 is 0. The van der Waals surface area contributed by atoms with Gasteiger partial charge in [0.15, 0.2) is 0 Å². The molecule has 0 bridgehead atoms. The number of hydrogen-bond acceptors (Lipinski definition) is 4. The Balaban J connectivity index is 1.87. The minimum absolute atomic E-state index is 0.280. The van der Waals surface area contributed by atoms with Crippen LogP contribution in [0.15, 0.2) is 0 Å². The zero-order chi connectivity index (χ0) is 11.4. The number of nitrogens with zero attached hydrogens (tertiary/aromatic N) is 3. The Bertz CT molecular complexity index is 322. The van der Waals surface area contributed by atoms with Gasteiger partial charge in [-0.1, -0.05) is 19.8 Å². The van der Waals surface area contributed by atoms with E-state index in [4.69, 9.17) is 5.73 Å². The lowest BCUT2D eigenvalue weighted by Crippen LogP contribution is -2.26. The SMILES string of the molecule is CCCCCc1nc(N2CCC(N)C2)n[nH]1. The van der Waals surface area contributed by atoms with Crippen LogP contribution in [0.4, 0.5) is 5.95 Å². The van der Waals surface area contributed by atoms with Gasteiger partial charge in [-0.05, 0) is 12.8 Å². The molecule has 1 aromatic heterocycles. The van der Waals surface area contributed by atoms with E-state index in [1.165, 1.54) is 19.3 Å². The first-order chi connectivity index (χ1) is 7.79. The van der Waals surface area contributed by atoms with Crippen molar-refractivity contribution in [3.63, 3.8) is 0 Å². The third-order valence-corrected chi connectivity index (χ3v) is 3.04. The van der Waals surface area contributed by atoms with Crippen LogP contribution in [-0.4, -0.2) is 34.3 Å². The number of nitrogens with one attached hydrogen (secondary N) is 1. The van der Waals surface area contributed by atoms with Crippen molar-refractivity contribution in [3.05, 3.63) is 5.82 Å². The van der Waals surface area contributed by atoms with E-state index < -0.39 is 0 Å². The van der Waals surface area contributed by atoms with E-state index in [9.17, 15) is 0 Å². The van der Waals surface area contributed by atoms with Crippen LogP contribution in [-0.2, 0) is 6.42 Å². The minimum Gasteiger partial charge on any atom is -0.338 e. The van der Waals surface area contributed by atoms with E-state index in [0.717, 1.165) is 37.7 Å². The monoisotopic (exact) mass is 223 g/mol. The van der Waals surface area contributed by atoms with Crippen molar-refractivity contribution < 1.29 is 0 Å². The molecular weight excluding hydrogens is 202 g/mol. The van der Waals surface area contributed by atoms with Gasteiger partial charge in [0.05, 0.1) is 0 Å². The van der Waals surface area contributed by atoms with Crippen LogP contribution >= 0.6 is 0 Å². The number of H-pyrrole nitrogens is 1. The Kier molecular flexibility index (Phi) is 3.77. The summed E-state index contributed by atoms with van der Waals surface area (Å²) in [5.41, 5.74) is 5.86. The van der Waals surface area contributed by atoms with Crippen LogP contribution in [0.5, 0.6) is 0 Å². The fourth-order valence-electron chi connectivity index (χ4n) is 2.05. The Morgan fingerprint density at radius 3 is 3.06 bits per heavy atom. The number of nitrogens with two attached hydrogens (primary N) is 1. The van der Waals surface area contributed by atoms with Gasteiger partial charge in [-0.3, -0.25) is 5.10 Å². The quantitative estimate of drug-likeness (QED) is 0.733. The average molecular weight is 223 g/mol. The summed E-state index contributed by atoms with van der Waals surface area (Å²) < 4.78 is 0. The second-order valence-electron chi connectivity index (χ2n) is 4.53. The Morgan fingerprint density at radius 2 is 2.38 bits per heavy atom. The number of unbranched alkanes of at least 4 members (excludes halogenated alkanes) is 2. The summed E-state index contributed by atoms with van der Waals surface area (Å²) in [6, 6.07) is 0.280. The average Bonchev–Trinajstić information content (AvgIpc) is 2.87. The number of aromatic nitrogens is 3. The highest BCUT2D eigenvalue weighted by Crippen LogP contribution is 2.15. The van der Waals surface area contributed by atoms with E-state index >= 15 is 0 Å². The van der Waals surface area contributed by atoms with E-state index in [1.807, 2.05) is 0 Å². The lowest BCUT2D eigenvalue weighted by molar-refractivity contribution is 0.695. The highest BCUT2D eigenvalue weighted by molar-refractivity contribution is 5.31. The van der Waals surface area contributed by atoms with Crippen LogP contribution in [0.25, 0.3) is 0 Å². The van der Waals surface area contributed by atoms with Crippen LogP contribution < -0.4 is 10.6 Å². The van der Waals surface area contributed by atoms with E-state index in [0.29, 0.717) is 0 Å². The van der Waals surface area contributed by atoms with Gasteiger partial charge in [-0.25, -0.2) is 0 Å². The highest BCUT2D eigenvalue weighted by atomic mass is 15.4. The van der Waals surface area contributed by atoms with Crippen molar-refractivity contribution in [2.24, 2.45) is 5.73 Å². The van der Waals surface area contributed by atoms with Crippen LogP contribution in [0.1, 0.15) is 38.4 Å². The Hall–Kier alpha value is -1.10. The van der Waals surface area contributed by atoms with Gasteiger partial charge in [-0.15, -0.1) is 5.10 Å². The van der Waals surface area contributed by atoms with Crippen molar-refractivity contribution in [1.82, 2.24) is 15.2 Å². The van der Waals surface area contributed by atoms with Crippen LogP contribution in [0.2, 0.25) is 0 Å². The third-order valence-electron chi connectivity index (χ3n) is 3.04. The summed E-state index contributed by atoms with van der Waals surface area (Å²) in [5, 5.41) is 7.26. The molecule has 1 unspecified atom stereocenters. The summed E-state index contributed by atoms with van der Waals surface area (Å²) in [5.74, 6) is 1.82. The topological polar surface area (TPSA) is 70.8 Å². The molecule has 3 N–H and O–H groups in total. The number of aryl methyl sites for hydroxylation is 1. The molecule has 2 heterocycles. The fraction of sp³-hybridized carbons (Fsp3) is 0.818. The molecule has 1 saturated heterocycles. The summed E-state index contributed by atoms with van der Waals surface area (Å²) in [6.07, 6.45) is 5.72. The van der Waals surface area contributed by atoms with Crippen molar-refractivity contribution >= 4 is 5.95 Å². The third kappa shape index (κ3) is 2.72. The number of hydrogen-bond donors (Lipinski definition) is 2. The molecule has 1 aliphatic heterocycles. The Labute approximate surface area is 96.4 Å². The Morgan fingerprint density at radius 1 is 1.50 bits per heavy atom. The van der Waals surface area contributed by atoms with Gasteiger partial charge < -0.3 is 10.6 Å². The molecule has 1 aromatic rings. The molecule has 2 rings (SSSR count). The normalized spacial score (nSPS) is 20.6. The molecule has 0 saturated carbocycles. The minimum atomic E-state index is 0.280. The first kappa shape index (κ1) is 11.4. The van der Waals surface area contributed by atoms with E-state index in [-0.39, 0.29) is 6.04 Å². The molecule has 5 nitrogen and oxygen atoms in total. The van der Waals surface area contributed by atoms with Gasteiger partial charge in [0.25, 0.3) is 0 Å². The van der Waals surface area contributed by atoms with Crippen molar-refractivity contribution in [2.45, 2.75) is 45.1 Å². The number of aromatic amines is 1. The predicted octanol–water partition coefficient (Wildman–Crippen LogP) is 1.07. The summed E-state index contributed by atoms with van der Waals surface area (Å²) in [6.45, 7) is 4.07. The maximum Gasteiger partial charge on any atom is 0.244 e. The van der Waals surface area contributed by atoms with Gasteiger partial charge in [-0.2, -0.15) is 4.98 Å². The van der Waals surface area contributed by atoms with Gasteiger partial charge in [0.1, 0.15) is 5.82 Å². The predicted molar refractivity (Wildman–Crippen MR) is 64.4 cm³/mol. The lowest BCUT2D eigenvalue weighted by Gasteiger charge is -2.11. The van der Waals surface area contributed by atoms with E-state index in [1.54, 1.807) is 0 Å². The largest absolute Gasteiger partial charge is 0.338 e. The van der Waals surface area contributed by atoms with Gasteiger partial charge >= 0.3 is 0 Å². The van der Waals surface area contributed by atoms with Crippen molar-refractivity contribution in [3.8, 4) is 0 Å². The molecule has 0 amide bonds. The van der Waals surface area contributed by atoms with Crippen molar-refractivity contribution in [1.29, 1.82) is 0 Å².